The zero-order valence-corrected chi connectivity index (χ0v) is 7.68. The quantitative estimate of drug-likeness (QED) is 0.654. The first-order valence-electron chi connectivity index (χ1n) is 4.64. The van der Waals surface area contributed by atoms with E-state index < -0.39 is 0 Å². The van der Waals surface area contributed by atoms with Crippen molar-refractivity contribution >= 4 is 5.91 Å². The van der Waals surface area contributed by atoms with E-state index in [2.05, 4.69) is 6.92 Å². The highest BCUT2D eigenvalue weighted by molar-refractivity contribution is 5.74. The molecule has 0 aromatic carbocycles. The smallest absolute Gasteiger partial charge is 0.218 e. The summed E-state index contributed by atoms with van der Waals surface area (Å²) >= 11 is 0. The van der Waals surface area contributed by atoms with E-state index in [1.807, 2.05) is 0 Å². The lowest BCUT2D eigenvalue weighted by Crippen LogP contribution is -2.48. The van der Waals surface area contributed by atoms with Crippen LogP contribution in [0.15, 0.2) is 0 Å². The van der Waals surface area contributed by atoms with Crippen LogP contribution in [-0.2, 0) is 4.79 Å². The summed E-state index contributed by atoms with van der Waals surface area (Å²) < 4.78 is 0. The van der Waals surface area contributed by atoms with Gasteiger partial charge in [-0.25, -0.2) is 0 Å². The van der Waals surface area contributed by atoms with Gasteiger partial charge in [-0.15, -0.1) is 0 Å². The maximum absolute atomic E-state index is 10.7. The molecule has 0 spiro atoms. The van der Waals surface area contributed by atoms with Gasteiger partial charge in [-0.1, -0.05) is 13.3 Å². The fraction of sp³-hybridized carbons (Fsp3) is 0.889. The van der Waals surface area contributed by atoms with Crippen LogP contribution in [0.4, 0.5) is 0 Å². The molecule has 0 aliphatic heterocycles. The molecule has 0 heterocycles. The van der Waals surface area contributed by atoms with E-state index in [1.54, 1.807) is 0 Å². The number of hydrogen-bond donors (Lipinski definition) is 2. The Balaban J connectivity index is 2.48. The molecule has 1 atom stereocenters. The molecule has 1 aliphatic carbocycles. The van der Waals surface area contributed by atoms with Gasteiger partial charge in [0, 0.05) is 12.5 Å². The van der Waals surface area contributed by atoms with Gasteiger partial charge in [0.05, 0.1) is 0 Å². The minimum atomic E-state index is -0.276. The summed E-state index contributed by atoms with van der Waals surface area (Å²) in [5.74, 6) is -0.276. The summed E-state index contributed by atoms with van der Waals surface area (Å²) in [6.45, 7) is 2.14. The molecule has 3 nitrogen and oxygen atoms in total. The maximum atomic E-state index is 10.7. The first-order chi connectivity index (χ1) is 5.60. The first kappa shape index (κ1) is 9.52. The molecule has 0 bridgehead atoms. The van der Waals surface area contributed by atoms with Crippen molar-refractivity contribution in [3.63, 3.8) is 0 Å². The molecule has 1 rings (SSSR count). The third kappa shape index (κ3) is 1.61. The molecular formula is C9H18N2O. The highest BCUT2D eigenvalue weighted by Gasteiger charge is 2.40. The lowest BCUT2D eigenvalue weighted by Gasteiger charge is -2.45. The van der Waals surface area contributed by atoms with Crippen LogP contribution in [0.3, 0.4) is 0 Å². The van der Waals surface area contributed by atoms with Crippen molar-refractivity contribution in [3.8, 4) is 0 Å². The molecule has 70 valence electrons. The summed E-state index contributed by atoms with van der Waals surface area (Å²) in [5.41, 5.74) is 11.3. The average molecular weight is 170 g/mol. The standard InChI is InChI=1S/C9H18N2O/c1-2-9(4-3-5-9)7(10)6-8(11)12/h7H,2-6,10H2,1H3,(H2,11,12). The van der Waals surface area contributed by atoms with Crippen molar-refractivity contribution in [1.82, 2.24) is 0 Å². The van der Waals surface area contributed by atoms with Crippen LogP contribution < -0.4 is 11.5 Å². The van der Waals surface area contributed by atoms with E-state index in [0.29, 0.717) is 6.42 Å². The van der Waals surface area contributed by atoms with E-state index in [1.165, 1.54) is 6.42 Å². The van der Waals surface area contributed by atoms with E-state index in [4.69, 9.17) is 11.5 Å². The van der Waals surface area contributed by atoms with Crippen LogP contribution in [0.5, 0.6) is 0 Å². The summed E-state index contributed by atoms with van der Waals surface area (Å²) in [5, 5.41) is 0. The van der Waals surface area contributed by atoms with Gasteiger partial charge in [-0.05, 0) is 24.7 Å². The second-order valence-electron chi connectivity index (χ2n) is 3.85. The van der Waals surface area contributed by atoms with Gasteiger partial charge in [0.15, 0.2) is 0 Å². The Labute approximate surface area is 73.5 Å². The van der Waals surface area contributed by atoms with Gasteiger partial charge in [-0.2, -0.15) is 0 Å². The molecule has 1 aliphatic rings. The van der Waals surface area contributed by atoms with Crippen LogP contribution in [0.2, 0.25) is 0 Å². The van der Waals surface area contributed by atoms with Crippen molar-refractivity contribution < 1.29 is 4.79 Å². The first-order valence-corrected chi connectivity index (χ1v) is 4.64. The Bertz CT molecular complexity index is 170. The van der Waals surface area contributed by atoms with E-state index >= 15 is 0 Å². The van der Waals surface area contributed by atoms with Gasteiger partial charge >= 0.3 is 0 Å². The lowest BCUT2D eigenvalue weighted by atomic mass is 9.62. The number of nitrogens with two attached hydrogens (primary N) is 2. The van der Waals surface area contributed by atoms with E-state index in [-0.39, 0.29) is 17.4 Å². The number of amides is 1. The van der Waals surface area contributed by atoms with Gasteiger partial charge in [0.2, 0.25) is 5.91 Å². The Morgan fingerprint density at radius 1 is 1.58 bits per heavy atom. The van der Waals surface area contributed by atoms with Gasteiger partial charge in [-0.3, -0.25) is 4.79 Å². The molecule has 1 unspecified atom stereocenters. The summed E-state index contributed by atoms with van der Waals surface area (Å²) in [7, 11) is 0. The largest absolute Gasteiger partial charge is 0.370 e. The summed E-state index contributed by atoms with van der Waals surface area (Å²) in [6.07, 6.45) is 4.99. The van der Waals surface area contributed by atoms with Crippen molar-refractivity contribution in [2.75, 3.05) is 0 Å². The number of carbonyl (C=O) groups excluding carboxylic acids is 1. The lowest BCUT2D eigenvalue weighted by molar-refractivity contribution is -0.119. The van der Waals surface area contributed by atoms with Crippen molar-refractivity contribution in [1.29, 1.82) is 0 Å². The van der Waals surface area contributed by atoms with E-state index in [9.17, 15) is 4.79 Å². The predicted molar refractivity (Wildman–Crippen MR) is 48.4 cm³/mol. The third-order valence-electron chi connectivity index (χ3n) is 3.26. The van der Waals surface area contributed by atoms with Crippen LogP contribution in [0.25, 0.3) is 0 Å². The van der Waals surface area contributed by atoms with Crippen LogP contribution in [-0.4, -0.2) is 11.9 Å². The topological polar surface area (TPSA) is 69.1 Å². The second kappa shape index (κ2) is 3.44. The average Bonchev–Trinajstić information content (AvgIpc) is 1.83. The molecule has 3 heteroatoms. The third-order valence-corrected chi connectivity index (χ3v) is 3.26. The minimum Gasteiger partial charge on any atom is -0.370 e. The molecule has 0 saturated heterocycles. The van der Waals surface area contributed by atoms with Gasteiger partial charge < -0.3 is 11.5 Å². The number of hydrogen-bond acceptors (Lipinski definition) is 2. The molecule has 1 amide bonds. The Morgan fingerprint density at radius 3 is 2.42 bits per heavy atom. The molecule has 0 aromatic rings. The van der Waals surface area contributed by atoms with Crippen molar-refractivity contribution in [3.05, 3.63) is 0 Å². The molecule has 1 saturated carbocycles. The fourth-order valence-corrected chi connectivity index (χ4v) is 2.05. The molecule has 1 fully saturated rings. The SMILES string of the molecule is CCC1(C(N)CC(N)=O)CCC1. The normalized spacial score (nSPS) is 22.8. The maximum Gasteiger partial charge on any atom is 0.218 e. The van der Waals surface area contributed by atoms with E-state index in [0.717, 1.165) is 19.3 Å². The predicted octanol–water partition coefficient (Wildman–Crippen LogP) is 0.769. The molecule has 0 radical (unpaired) electrons. The number of primary amides is 1. The highest BCUT2D eigenvalue weighted by Crippen LogP contribution is 2.46. The van der Waals surface area contributed by atoms with Gasteiger partial charge in [0.25, 0.3) is 0 Å². The second-order valence-corrected chi connectivity index (χ2v) is 3.85. The van der Waals surface area contributed by atoms with Gasteiger partial charge in [0.1, 0.15) is 0 Å². The van der Waals surface area contributed by atoms with Crippen molar-refractivity contribution in [2.24, 2.45) is 16.9 Å². The minimum absolute atomic E-state index is 0.0197. The Kier molecular flexibility index (Phi) is 2.73. The molecular weight excluding hydrogens is 152 g/mol. The van der Waals surface area contributed by atoms with Crippen LogP contribution in [0.1, 0.15) is 39.0 Å². The zero-order chi connectivity index (χ0) is 9.19. The summed E-state index contributed by atoms with van der Waals surface area (Å²) in [6, 6.07) is -0.0197. The fourth-order valence-electron chi connectivity index (χ4n) is 2.05. The molecule has 0 aromatic heterocycles. The van der Waals surface area contributed by atoms with Crippen LogP contribution >= 0.6 is 0 Å². The molecule has 4 N–H and O–H groups in total. The summed E-state index contributed by atoms with van der Waals surface area (Å²) in [4.78, 5) is 10.7. The zero-order valence-electron chi connectivity index (χ0n) is 7.68. The monoisotopic (exact) mass is 170 g/mol. The van der Waals surface area contributed by atoms with Crippen molar-refractivity contribution in [2.45, 2.75) is 45.1 Å². The Hall–Kier alpha value is -0.570. The number of carbonyl (C=O) groups is 1. The Morgan fingerprint density at radius 2 is 2.17 bits per heavy atom. The molecule has 12 heavy (non-hydrogen) atoms. The number of rotatable bonds is 4. The highest BCUT2D eigenvalue weighted by atomic mass is 16.1. The van der Waals surface area contributed by atoms with Crippen LogP contribution in [0, 0.1) is 5.41 Å².